The fourth-order valence-corrected chi connectivity index (χ4v) is 2.10. The fraction of sp³-hybridized carbons (Fsp3) is 0.533. The van der Waals surface area contributed by atoms with Crippen LogP contribution in [0.3, 0.4) is 0 Å². The van der Waals surface area contributed by atoms with Gasteiger partial charge < -0.3 is 10.1 Å². The van der Waals surface area contributed by atoms with E-state index in [-0.39, 0.29) is 12.3 Å². The van der Waals surface area contributed by atoms with Gasteiger partial charge in [-0.05, 0) is 18.6 Å². The van der Waals surface area contributed by atoms with Crippen LogP contribution in [0.1, 0.15) is 31.5 Å². The largest absolute Gasteiger partial charge is 0.358 e. The molecule has 0 bridgehead atoms. The molecule has 2 N–H and O–H groups in total. The lowest BCUT2D eigenvalue weighted by Crippen LogP contribution is -2.51. The molecule has 0 spiro atoms. The van der Waals surface area contributed by atoms with Crippen molar-refractivity contribution in [3.05, 3.63) is 42.2 Å². The molecule has 2 heterocycles. The summed E-state index contributed by atoms with van der Waals surface area (Å²) in [5.41, 5.74) is 1.06. The maximum absolute atomic E-state index is 5.79. The number of rotatable bonds is 6. The minimum atomic E-state index is 0.0482. The Morgan fingerprint density at radius 3 is 3.11 bits per heavy atom. The molecule has 0 aliphatic carbocycles. The quantitative estimate of drug-likeness (QED) is 0.769. The van der Waals surface area contributed by atoms with Gasteiger partial charge in [0, 0.05) is 19.3 Å². The van der Waals surface area contributed by atoms with Gasteiger partial charge in [0.05, 0.1) is 18.3 Å². The molecule has 1 aliphatic heterocycles. The van der Waals surface area contributed by atoms with Crippen molar-refractivity contribution in [3.63, 3.8) is 0 Å². The second kappa shape index (κ2) is 8.04. The molecule has 1 aliphatic rings. The summed E-state index contributed by atoms with van der Waals surface area (Å²) < 4.78 is 5.79. The predicted octanol–water partition coefficient (Wildman–Crippen LogP) is 2.01. The SMILES string of the molecule is CCC/C=C/COC1CNCC(c2ccccn2)N1. The van der Waals surface area contributed by atoms with Crippen LogP contribution in [0.5, 0.6) is 0 Å². The van der Waals surface area contributed by atoms with Crippen molar-refractivity contribution < 1.29 is 4.74 Å². The summed E-state index contributed by atoms with van der Waals surface area (Å²) in [6, 6.07) is 6.22. The molecule has 4 heteroatoms. The summed E-state index contributed by atoms with van der Waals surface area (Å²) in [5, 5.41) is 6.86. The van der Waals surface area contributed by atoms with Gasteiger partial charge in [-0.2, -0.15) is 0 Å². The van der Waals surface area contributed by atoms with Gasteiger partial charge in [0.1, 0.15) is 6.23 Å². The van der Waals surface area contributed by atoms with Gasteiger partial charge in [0.25, 0.3) is 0 Å². The first kappa shape index (κ1) is 14.2. The number of piperazine rings is 1. The predicted molar refractivity (Wildman–Crippen MR) is 76.8 cm³/mol. The molecule has 1 aromatic heterocycles. The number of nitrogens with one attached hydrogen (secondary N) is 2. The number of hydrogen-bond acceptors (Lipinski definition) is 4. The van der Waals surface area contributed by atoms with Crippen LogP contribution in [-0.2, 0) is 4.74 Å². The Bertz CT molecular complexity index is 380. The molecule has 1 fully saturated rings. The monoisotopic (exact) mass is 261 g/mol. The van der Waals surface area contributed by atoms with Crippen molar-refractivity contribution in [2.24, 2.45) is 0 Å². The van der Waals surface area contributed by atoms with E-state index in [2.05, 4.69) is 34.7 Å². The molecule has 0 saturated carbocycles. The maximum Gasteiger partial charge on any atom is 0.121 e. The average molecular weight is 261 g/mol. The van der Waals surface area contributed by atoms with Crippen molar-refractivity contribution in [1.82, 2.24) is 15.6 Å². The topological polar surface area (TPSA) is 46.2 Å². The van der Waals surface area contributed by atoms with Gasteiger partial charge >= 0.3 is 0 Å². The van der Waals surface area contributed by atoms with Crippen LogP contribution in [0.25, 0.3) is 0 Å². The highest BCUT2D eigenvalue weighted by Gasteiger charge is 2.22. The standard InChI is InChI=1S/C15H23N3O/c1-2-3-4-7-10-19-15-12-16-11-14(18-15)13-8-5-6-9-17-13/h4-9,14-16,18H,2-3,10-12H2,1H3/b7-4+. The number of allylic oxidation sites excluding steroid dienone is 1. The molecule has 104 valence electrons. The average Bonchev–Trinajstić information content (AvgIpc) is 2.48. The lowest BCUT2D eigenvalue weighted by Gasteiger charge is -2.31. The van der Waals surface area contributed by atoms with E-state index >= 15 is 0 Å². The number of nitrogens with zero attached hydrogens (tertiary/aromatic N) is 1. The van der Waals surface area contributed by atoms with E-state index in [9.17, 15) is 0 Å². The zero-order valence-corrected chi connectivity index (χ0v) is 11.5. The Morgan fingerprint density at radius 2 is 2.32 bits per heavy atom. The highest BCUT2D eigenvalue weighted by Crippen LogP contribution is 2.12. The van der Waals surface area contributed by atoms with E-state index in [1.807, 2.05) is 24.4 Å². The van der Waals surface area contributed by atoms with Crippen LogP contribution < -0.4 is 10.6 Å². The molecule has 19 heavy (non-hydrogen) atoms. The van der Waals surface area contributed by atoms with Gasteiger partial charge in [-0.3, -0.25) is 10.3 Å². The number of aromatic nitrogens is 1. The van der Waals surface area contributed by atoms with Crippen molar-refractivity contribution in [1.29, 1.82) is 0 Å². The van der Waals surface area contributed by atoms with E-state index in [4.69, 9.17) is 4.74 Å². The Labute approximate surface area is 115 Å². The number of ether oxygens (including phenoxy) is 1. The minimum Gasteiger partial charge on any atom is -0.358 e. The van der Waals surface area contributed by atoms with Crippen molar-refractivity contribution >= 4 is 0 Å². The van der Waals surface area contributed by atoms with Crippen LogP contribution in [0, 0.1) is 0 Å². The van der Waals surface area contributed by atoms with Crippen LogP contribution in [0.4, 0.5) is 0 Å². The molecule has 4 nitrogen and oxygen atoms in total. The lowest BCUT2D eigenvalue weighted by atomic mass is 10.1. The summed E-state index contributed by atoms with van der Waals surface area (Å²) in [6.07, 6.45) is 8.45. The van der Waals surface area contributed by atoms with Crippen LogP contribution in [0.2, 0.25) is 0 Å². The normalized spacial score (nSPS) is 23.8. The van der Waals surface area contributed by atoms with Crippen LogP contribution in [0.15, 0.2) is 36.5 Å². The van der Waals surface area contributed by atoms with Gasteiger partial charge in [0.15, 0.2) is 0 Å². The first-order chi connectivity index (χ1) is 9.40. The van der Waals surface area contributed by atoms with E-state index in [0.717, 1.165) is 25.2 Å². The molecule has 2 unspecified atom stereocenters. The molecular formula is C15H23N3O. The van der Waals surface area contributed by atoms with Gasteiger partial charge in [0.2, 0.25) is 0 Å². The second-order valence-corrected chi connectivity index (χ2v) is 4.71. The maximum atomic E-state index is 5.79. The van der Waals surface area contributed by atoms with Crippen molar-refractivity contribution in [2.75, 3.05) is 19.7 Å². The first-order valence-electron chi connectivity index (χ1n) is 7.04. The van der Waals surface area contributed by atoms with Crippen molar-refractivity contribution in [2.45, 2.75) is 32.0 Å². The third-order valence-corrected chi connectivity index (χ3v) is 3.13. The molecule has 1 aromatic rings. The molecule has 2 atom stereocenters. The third-order valence-electron chi connectivity index (χ3n) is 3.13. The van der Waals surface area contributed by atoms with Gasteiger partial charge in [-0.1, -0.05) is 31.6 Å². The highest BCUT2D eigenvalue weighted by molar-refractivity contribution is 5.10. The summed E-state index contributed by atoms with van der Waals surface area (Å²) in [7, 11) is 0. The van der Waals surface area contributed by atoms with E-state index in [1.54, 1.807) is 0 Å². The minimum absolute atomic E-state index is 0.0482. The highest BCUT2D eigenvalue weighted by atomic mass is 16.5. The summed E-state index contributed by atoms with van der Waals surface area (Å²) in [6.45, 7) is 4.57. The first-order valence-corrected chi connectivity index (χ1v) is 7.04. The second-order valence-electron chi connectivity index (χ2n) is 4.71. The summed E-state index contributed by atoms with van der Waals surface area (Å²) in [4.78, 5) is 4.39. The molecule has 0 aromatic carbocycles. The van der Waals surface area contributed by atoms with Crippen molar-refractivity contribution in [3.8, 4) is 0 Å². The van der Waals surface area contributed by atoms with E-state index < -0.39 is 0 Å². The Hall–Kier alpha value is -1.23. The smallest absolute Gasteiger partial charge is 0.121 e. The molecule has 0 radical (unpaired) electrons. The number of pyridine rings is 1. The van der Waals surface area contributed by atoms with Crippen LogP contribution in [-0.4, -0.2) is 30.9 Å². The Morgan fingerprint density at radius 1 is 1.37 bits per heavy atom. The zero-order chi connectivity index (χ0) is 13.3. The molecule has 2 rings (SSSR count). The van der Waals surface area contributed by atoms with Gasteiger partial charge in [-0.15, -0.1) is 0 Å². The number of unbranched alkanes of at least 4 members (excludes halogenated alkanes) is 1. The molecule has 1 saturated heterocycles. The van der Waals surface area contributed by atoms with E-state index in [1.165, 1.54) is 6.42 Å². The summed E-state index contributed by atoms with van der Waals surface area (Å²) >= 11 is 0. The van der Waals surface area contributed by atoms with E-state index in [0.29, 0.717) is 6.61 Å². The lowest BCUT2D eigenvalue weighted by molar-refractivity contribution is 0.0243. The third kappa shape index (κ3) is 4.74. The number of hydrogen-bond donors (Lipinski definition) is 2. The Balaban J connectivity index is 1.78. The Kier molecular flexibility index (Phi) is 6.01. The molecule has 0 amide bonds. The zero-order valence-electron chi connectivity index (χ0n) is 11.5. The summed E-state index contributed by atoms with van der Waals surface area (Å²) in [5.74, 6) is 0. The molecular weight excluding hydrogens is 238 g/mol. The van der Waals surface area contributed by atoms with Gasteiger partial charge in [-0.25, -0.2) is 0 Å². The fourth-order valence-electron chi connectivity index (χ4n) is 2.10. The van der Waals surface area contributed by atoms with Crippen LogP contribution >= 0.6 is 0 Å².